The van der Waals surface area contributed by atoms with Crippen LogP contribution in [0.4, 0.5) is 13.2 Å². The maximum absolute atomic E-state index is 13.7. The monoisotopic (exact) mass is 320 g/mol. The first-order valence-corrected chi connectivity index (χ1v) is 7.87. The minimum atomic E-state index is -0.658. The van der Waals surface area contributed by atoms with E-state index in [9.17, 15) is 13.2 Å². The first-order chi connectivity index (χ1) is 11.1. The summed E-state index contributed by atoms with van der Waals surface area (Å²) in [7, 11) is 0. The van der Waals surface area contributed by atoms with Crippen molar-refractivity contribution in [3.05, 3.63) is 65.2 Å². The van der Waals surface area contributed by atoms with Crippen molar-refractivity contribution in [2.24, 2.45) is 5.92 Å². The van der Waals surface area contributed by atoms with E-state index in [4.69, 9.17) is 0 Å². The molecule has 0 N–H and O–H groups in total. The van der Waals surface area contributed by atoms with Crippen molar-refractivity contribution >= 4 is 0 Å². The molecule has 1 aromatic carbocycles. The number of hydrogen-bond donors (Lipinski definition) is 0. The minimum absolute atomic E-state index is 0.146. The summed E-state index contributed by atoms with van der Waals surface area (Å²) in [6, 6.07) is 7.75. The van der Waals surface area contributed by atoms with Gasteiger partial charge >= 0.3 is 0 Å². The lowest BCUT2D eigenvalue weighted by Crippen LogP contribution is -2.34. The van der Waals surface area contributed by atoms with Crippen molar-refractivity contribution in [3.63, 3.8) is 0 Å². The quantitative estimate of drug-likeness (QED) is 0.848. The largest absolute Gasteiger partial charge is 0.297 e. The highest BCUT2D eigenvalue weighted by atomic mass is 19.1. The summed E-state index contributed by atoms with van der Waals surface area (Å²) in [4.78, 5) is 5.94. The minimum Gasteiger partial charge on any atom is -0.297 e. The van der Waals surface area contributed by atoms with Gasteiger partial charge in [-0.2, -0.15) is 0 Å². The van der Waals surface area contributed by atoms with Gasteiger partial charge in [-0.15, -0.1) is 0 Å². The van der Waals surface area contributed by atoms with Crippen molar-refractivity contribution in [1.29, 1.82) is 0 Å². The van der Waals surface area contributed by atoms with E-state index in [1.165, 1.54) is 6.07 Å². The zero-order valence-electron chi connectivity index (χ0n) is 12.8. The van der Waals surface area contributed by atoms with Gasteiger partial charge in [0.2, 0.25) is 0 Å². The number of pyridine rings is 1. The lowest BCUT2D eigenvalue weighted by atomic mass is 9.90. The smallest absolute Gasteiger partial charge is 0.148 e. The van der Waals surface area contributed by atoms with Gasteiger partial charge in [0.05, 0.1) is 11.9 Å². The van der Waals surface area contributed by atoms with Crippen LogP contribution in [0.5, 0.6) is 0 Å². The number of benzene rings is 1. The Morgan fingerprint density at radius 3 is 2.48 bits per heavy atom. The zero-order valence-corrected chi connectivity index (χ0v) is 12.8. The van der Waals surface area contributed by atoms with Gasteiger partial charge in [0.15, 0.2) is 0 Å². The molecule has 1 aromatic heterocycles. The van der Waals surface area contributed by atoms with E-state index >= 15 is 0 Å². The van der Waals surface area contributed by atoms with Crippen LogP contribution in [0, 0.1) is 23.4 Å². The molecule has 0 bridgehead atoms. The Bertz CT molecular complexity index is 667. The van der Waals surface area contributed by atoms with Crippen LogP contribution in [0.25, 0.3) is 0 Å². The molecule has 3 rings (SSSR count). The molecule has 23 heavy (non-hydrogen) atoms. The van der Waals surface area contributed by atoms with Gasteiger partial charge in [-0.3, -0.25) is 9.88 Å². The average molecular weight is 320 g/mol. The summed E-state index contributed by atoms with van der Waals surface area (Å²) in [6.07, 6.45) is 3.67. The number of aromatic nitrogens is 1. The maximum atomic E-state index is 13.7. The summed E-state index contributed by atoms with van der Waals surface area (Å²) in [5, 5.41) is 0. The van der Waals surface area contributed by atoms with E-state index in [0.29, 0.717) is 12.5 Å². The molecule has 1 aliphatic heterocycles. The standard InChI is InChI=1S/C18H19F3N2/c19-15-10-17(21)18(22-11-15)12-23-7-5-13(6-8-23)9-14-3-1-2-4-16(14)20/h1-4,10-11,13H,5-9,12H2. The van der Waals surface area contributed by atoms with Crippen LogP contribution < -0.4 is 0 Å². The molecule has 0 atom stereocenters. The van der Waals surface area contributed by atoms with Gasteiger partial charge in [-0.05, 0) is 49.9 Å². The summed E-state index contributed by atoms with van der Waals surface area (Å²) >= 11 is 0. The highest BCUT2D eigenvalue weighted by Crippen LogP contribution is 2.24. The van der Waals surface area contributed by atoms with Crippen LogP contribution in [0.3, 0.4) is 0 Å². The molecular weight excluding hydrogens is 301 g/mol. The second kappa shape index (κ2) is 7.13. The normalized spacial score (nSPS) is 16.7. The maximum Gasteiger partial charge on any atom is 0.148 e. The molecule has 0 spiro atoms. The molecule has 2 aromatic rings. The number of nitrogens with zero attached hydrogens (tertiary/aromatic N) is 2. The third kappa shape index (κ3) is 4.10. The summed E-state index contributed by atoms with van der Waals surface area (Å²) in [6.45, 7) is 2.02. The number of likely N-dealkylation sites (tertiary alicyclic amines) is 1. The predicted molar refractivity (Wildman–Crippen MR) is 82.3 cm³/mol. The molecule has 1 fully saturated rings. The van der Waals surface area contributed by atoms with Crippen molar-refractivity contribution in [1.82, 2.24) is 9.88 Å². The van der Waals surface area contributed by atoms with E-state index in [0.717, 1.165) is 50.2 Å². The van der Waals surface area contributed by atoms with Crippen LogP contribution in [-0.2, 0) is 13.0 Å². The second-order valence-corrected chi connectivity index (χ2v) is 6.10. The highest BCUT2D eigenvalue weighted by Gasteiger charge is 2.21. The molecule has 1 aliphatic rings. The Kier molecular flexibility index (Phi) is 4.96. The van der Waals surface area contributed by atoms with Crippen LogP contribution >= 0.6 is 0 Å². The molecule has 5 heteroatoms. The molecule has 0 amide bonds. The Morgan fingerprint density at radius 1 is 1.04 bits per heavy atom. The second-order valence-electron chi connectivity index (χ2n) is 6.10. The summed E-state index contributed by atoms with van der Waals surface area (Å²) in [5.74, 6) is -0.963. The van der Waals surface area contributed by atoms with Gasteiger partial charge in [0, 0.05) is 12.6 Å². The Hall–Kier alpha value is -1.88. The van der Waals surface area contributed by atoms with Gasteiger partial charge in [0.25, 0.3) is 0 Å². The molecule has 2 nitrogen and oxygen atoms in total. The molecule has 2 heterocycles. The molecule has 0 saturated carbocycles. The third-order valence-electron chi connectivity index (χ3n) is 4.43. The predicted octanol–water partition coefficient (Wildman–Crippen LogP) is 3.95. The third-order valence-corrected chi connectivity index (χ3v) is 4.43. The lowest BCUT2D eigenvalue weighted by Gasteiger charge is -2.31. The number of rotatable bonds is 4. The molecule has 0 radical (unpaired) electrons. The average Bonchev–Trinajstić information content (AvgIpc) is 2.54. The number of piperidine rings is 1. The van der Waals surface area contributed by atoms with E-state index in [2.05, 4.69) is 9.88 Å². The fourth-order valence-electron chi connectivity index (χ4n) is 3.09. The van der Waals surface area contributed by atoms with E-state index in [-0.39, 0.29) is 11.5 Å². The van der Waals surface area contributed by atoms with Crippen molar-refractivity contribution in [2.45, 2.75) is 25.8 Å². The fourth-order valence-corrected chi connectivity index (χ4v) is 3.09. The van der Waals surface area contributed by atoms with Crippen LogP contribution in [0.2, 0.25) is 0 Å². The molecular formula is C18H19F3N2. The zero-order chi connectivity index (χ0) is 16.2. The van der Waals surface area contributed by atoms with Gasteiger partial charge in [-0.25, -0.2) is 13.2 Å². The highest BCUT2D eigenvalue weighted by molar-refractivity contribution is 5.18. The van der Waals surface area contributed by atoms with Crippen molar-refractivity contribution in [3.8, 4) is 0 Å². The van der Waals surface area contributed by atoms with Crippen molar-refractivity contribution < 1.29 is 13.2 Å². The Balaban J connectivity index is 1.53. The molecule has 0 aliphatic carbocycles. The Labute approximate surface area is 134 Å². The van der Waals surface area contributed by atoms with Crippen molar-refractivity contribution in [2.75, 3.05) is 13.1 Å². The van der Waals surface area contributed by atoms with Crippen LogP contribution in [-0.4, -0.2) is 23.0 Å². The van der Waals surface area contributed by atoms with Gasteiger partial charge in [-0.1, -0.05) is 18.2 Å². The molecule has 0 unspecified atom stereocenters. The number of halogens is 3. The molecule has 1 saturated heterocycles. The van der Waals surface area contributed by atoms with E-state index in [1.54, 1.807) is 6.07 Å². The summed E-state index contributed by atoms with van der Waals surface area (Å²) in [5.41, 5.74) is 1.04. The van der Waals surface area contributed by atoms with Gasteiger partial charge in [0.1, 0.15) is 17.5 Å². The lowest BCUT2D eigenvalue weighted by molar-refractivity contribution is 0.172. The van der Waals surface area contributed by atoms with Crippen LogP contribution in [0.1, 0.15) is 24.1 Å². The fraction of sp³-hybridized carbons (Fsp3) is 0.389. The van der Waals surface area contributed by atoms with Gasteiger partial charge < -0.3 is 0 Å². The van der Waals surface area contributed by atoms with E-state index < -0.39 is 11.6 Å². The first kappa shape index (κ1) is 16.0. The molecule has 122 valence electrons. The first-order valence-electron chi connectivity index (χ1n) is 7.87. The topological polar surface area (TPSA) is 16.1 Å². The van der Waals surface area contributed by atoms with E-state index in [1.807, 2.05) is 12.1 Å². The number of hydrogen-bond acceptors (Lipinski definition) is 2. The Morgan fingerprint density at radius 2 is 1.78 bits per heavy atom. The summed E-state index contributed by atoms with van der Waals surface area (Å²) < 4.78 is 40.2. The SMILES string of the molecule is Fc1cnc(CN2CCC(Cc3ccccc3F)CC2)c(F)c1. The van der Waals surface area contributed by atoms with Crippen LogP contribution in [0.15, 0.2) is 36.5 Å².